The molecule has 1 atom stereocenters. The number of hydrogen-bond donors (Lipinski definition) is 1. The largest absolute Gasteiger partial charge is 0.451 e. The number of nitrogen functional groups attached to an aromatic ring is 1. The van der Waals surface area contributed by atoms with Crippen molar-refractivity contribution in [2.24, 2.45) is 0 Å². The molecule has 1 aromatic heterocycles. The third-order valence-electron chi connectivity index (χ3n) is 3.37. The molecule has 0 unspecified atom stereocenters. The van der Waals surface area contributed by atoms with E-state index < -0.39 is 5.97 Å². The summed E-state index contributed by atoms with van der Waals surface area (Å²) in [6.07, 6.45) is 5.83. The summed E-state index contributed by atoms with van der Waals surface area (Å²) >= 11 is 0. The molecule has 1 fully saturated rings. The normalized spacial score (nSPS) is 18.6. The zero-order valence-corrected chi connectivity index (χ0v) is 11.4. The number of likely N-dealkylation sites (tertiary alicyclic amines) is 1. The molecule has 0 aliphatic carbocycles. The van der Waals surface area contributed by atoms with Crippen LogP contribution in [0.4, 0.5) is 5.82 Å². The molecule has 1 aliphatic rings. The van der Waals surface area contributed by atoms with E-state index in [1.165, 1.54) is 12.4 Å². The number of ether oxygens (including phenoxy) is 1. The molecule has 0 saturated carbocycles. The highest BCUT2D eigenvalue weighted by Gasteiger charge is 2.24. The molecule has 7 nitrogen and oxygen atoms in total. The van der Waals surface area contributed by atoms with Gasteiger partial charge in [0, 0.05) is 25.0 Å². The molecule has 2 N–H and O–H groups in total. The number of rotatable bonds is 3. The molecule has 0 radical (unpaired) electrons. The minimum atomic E-state index is -0.728. The summed E-state index contributed by atoms with van der Waals surface area (Å²) < 4.78 is 4.96. The van der Waals surface area contributed by atoms with Gasteiger partial charge < -0.3 is 15.4 Å². The summed E-state index contributed by atoms with van der Waals surface area (Å²) in [4.78, 5) is 33.1. The first-order valence-corrected chi connectivity index (χ1v) is 6.62. The zero-order valence-electron chi connectivity index (χ0n) is 11.4. The highest BCUT2D eigenvalue weighted by molar-refractivity contribution is 5.93. The fourth-order valence-corrected chi connectivity index (χ4v) is 2.25. The Morgan fingerprint density at radius 2 is 2.15 bits per heavy atom. The zero-order chi connectivity index (χ0) is 14.5. The van der Waals surface area contributed by atoms with Crippen LogP contribution in [0.3, 0.4) is 0 Å². The maximum Gasteiger partial charge on any atom is 0.361 e. The molecule has 20 heavy (non-hydrogen) atoms. The number of piperidine rings is 1. The van der Waals surface area contributed by atoms with E-state index in [1.807, 2.05) is 6.92 Å². The van der Waals surface area contributed by atoms with Crippen molar-refractivity contribution in [3.8, 4) is 0 Å². The quantitative estimate of drug-likeness (QED) is 0.814. The van der Waals surface area contributed by atoms with Gasteiger partial charge in [-0.3, -0.25) is 4.79 Å². The Labute approximate surface area is 117 Å². The number of nitrogens with two attached hydrogens (primary N) is 1. The molecule has 1 aromatic rings. The number of esters is 1. The molecule has 7 heteroatoms. The average Bonchev–Trinajstić information content (AvgIpc) is 2.45. The van der Waals surface area contributed by atoms with Crippen LogP contribution in [0.1, 0.15) is 36.7 Å². The number of nitrogens with zero attached hydrogens (tertiary/aromatic N) is 3. The number of amides is 1. The summed E-state index contributed by atoms with van der Waals surface area (Å²) in [6.45, 7) is 2.42. The molecule has 0 spiro atoms. The number of carbonyl (C=O) groups is 2. The molecule has 1 saturated heterocycles. The third-order valence-corrected chi connectivity index (χ3v) is 3.37. The van der Waals surface area contributed by atoms with Crippen LogP contribution in [0.5, 0.6) is 0 Å². The minimum absolute atomic E-state index is 0.00344. The van der Waals surface area contributed by atoms with Gasteiger partial charge in [-0.25, -0.2) is 14.8 Å². The van der Waals surface area contributed by atoms with E-state index in [4.69, 9.17) is 10.5 Å². The van der Waals surface area contributed by atoms with Crippen LogP contribution in [-0.4, -0.2) is 45.9 Å². The Kier molecular flexibility index (Phi) is 4.49. The first-order chi connectivity index (χ1) is 9.59. The van der Waals surface area contributed by atoms with Crippen LogP contribution >= 0.6 is 0 Å². The number of anilines is 1. The third kappa shape index (κ3) is 3.23. The first kappa shape index (κ1) is 14.2. The lowest BCUT2D eigenvalue weighted by molar-refractivity contribution is -0.137. The van der Waals surface area contributed by atoms with Crippen LogP contribution in [0.25, 0.3) is 0 Å². The SMILES string of the molecule is C[C@H]1CCCCN1C(=O)COC(=O)c1nccnc1N. The van der Waals surface area contributed by atoms with Crippen LogP contribution in [0, 0.1) is 0 Å². The monoisotopic (exact) mass is 278 g/mol. The van der Waals surface area contributed by atoms with Crippen molar-refractivity contribution in [1.82, 2.24) is 14.9 Å². The van der Waals surface area contributed by atoms with E-state index in [-0.39, 0.29) is 30.1 Å². The fourth-order valence-electron chi connectivity index (χ4n) is 2.25. The van der Waals surface area contributed by atoms with Gasteiger partial charge in [0.05, 0.1) is 0 Å². The van der Waals surface area contributed by atoms with Crippen LogP contribution < -0.4 is 5.73 Å². The smallest absolute Gasteiger partial charge is 0.361 e. The number of aromatic nitrogens is 2. The summed E-state index contributed by atoms with van der Waals surface area (Å²) in [5.74, 6) is -0.919. The van der Waals surface area contributed by atoms with Gasteiger partial charge in [0.1, 0.15) is 0 Å². The van der Waals surface area contributed by atoms with Crippen molar-refractivity contribution in [2.75, 3.05) is 18.9 Å². The Morgan fingerprint density at radius 3 is 2.85 bits per heavy atom. The maximum absolute atomic E-state index is 12.0. The molecular formula is C13H18N4O3. The molecule has 1 aliphatic heterocycles. The number of hydrogen-bond acceptors (Lipinski definition) is 6. The maximum atomic E-state index is 12.0. The van der Waals surface area contributed by atoms with Crippen molar-refractivity contribution in [3.63, 3.8) is 0 Å². The molecule has 1 amide bonds. The second-order valence-corrected chi connectivity index (χ2v) is 4.80. The van der Waals surface area contributed by atoms with Gasteiger partial charge in [-0.05, 0) is 26.2 Å². The van der Waals surface area contributed by atoms with E-state index in [0.29, 0.717) is 6.54 Å². The molecule has 2 heterocycles. The molecule has 0 bridgehead atoms. The number of carbonyl (C=O) groups excluding carboxylic acids is 2. The average molecular weight is 278 g/mol. The lowest BCUT2D eigenvalue weighted by atomic mass is 10.0. The summed E-state index contributed by atoms with van der Waals surface area (Å²) in [7, 11) is 0. The van der Waals surface area contributed by atoms with Gasteiger partial charge in [-0.1, -0.05) is 0 Å². The van der Waals surface area contributed by atoms with Crippen molar-refractivity contribution < 1.29 is 14.3 Å². The van der Waals surface area contributed by atoms with E-state index in [1.54, 1.807) is 4.90 Å². The van der Waals surface area contributed by atoms with Gasteiger partial charge in [-0.15, -0.1) is 0 Å². The molecule has 108 valence electrons. The lowest BCUT2D eigenvalue weighted by Crippen LogP contribution is -2.44. The van der Waals surface area contributed by atoms with Crippen molar-refractivity contribution in [1.29, 1.82) is 0 Å². The molecular weight excluding hydrogens is 260 g/mol. The molecule has 2 rings (SSSR count). The minimum Gasteiger partial charge on any atom is -0.451 e. The first-order valence-electron chi connectivity index (χ1n) is 6.62. The van der Waals surface area contributed by atoms with E-state index in [2.05, 4.69) is 9.97 Å². The van der Waals surface area contributed by atoms with Crippen LogP contribution in [0.15, 0.2) is 12.4 Å². The summed E-state index contributed by atoms with van der Waals surface area (Å²) in [6, 6.07) is 0.191. The van der Waals surface area contributed by atoms with Crippen LogP contribution in [0.2, 0.25) is 0 Å². The summed E-state index contributed by atoms with van der Waals surface area (Å²) in [5.41, 5.74) is 5.46. The van der Waals surface area contributed by atoms with E-state index in [9.17, 15) is 9.59 Å². The van der Waals surface area contributed by atoms with Gasteiger partial charge in [0.2, 0.25) is 0 Å². The predicted molar refractivity (Wildman–Crippen MR) is 71.8 cm³/mol. The van der Waals surface area contributed by atoms with Crippen molar-refractivity contribution in [3.05, 3.63) is 18.1 Å². The highest BCUT2D eigenvalue weighted by atomic mass is 16.5. The standard InChI is InChI=1S/C13H18N4O3/c1-9-4-2-3-7-17(9)10(18)8-20-13(19)11-12(14)16-6-5-15-11/h5-6,9H,2-4,7-8H2,1H3,(H2,14,16)/t9-/m0/s1. The lowest BCUT2D eigenvalue weighted by Gasteiger charge is -2.33. The molecule has 0 aromatic carbocycles. The van der Waals surface area contributed by atoms with Crippen molar-refractivity contribution >= 4 is 17.7 Å². The summed E-state index contributed by atoms with van der Waals surface area (Å²) in [5, 5.41) is 0. The Hall–Kier alpha value is -2.18. The second kappa shape index (κ2) is 6.31. The van der Waals surface area contributed by atoms with Crippen molar-refractivity contribution in [2.45, 2.75) is 32.2 Å². The Bertz CT molecular complexity index is 506. The Balaban J connectivity index is 1.90. The highest BCUT2D eigenvalue weighted by Crippen LogP contribution is 2.16. The van der Waals surface area contributed by atoms with Gasteiger partial charge in [0.25, 0.3) is 5.91 Å². The van der Waals surface area contributed by atoms with E-state index in [0.717, 1.165) is 19.3 Å². The van der Waals surface area contributed by atoms with E-state index >= 15 is 0 Å². The Morgan fingerprint density at radius 1 is 1.40 bits per heavy atom. The van der Waals surface area contributed by atoms with Gasteiger partial charge >= 0.3 is 5.97 Å². The fraction of sp³-hybridized carbons (Fsp3) is 0.538. The predicted octanol–water partition coefficient (Wildman–Crippen LogP) is 0.617. The second-order valence-electron chi connectivity index (χ2n) is 4.80. The van der Waals surface area contributed by atoms with Gasteiger partial charge in [0.15, 0.2) is 18.1 Å². The van der Waals surface area contributed by atoms with Crippen LogP contribution in [-0.2, 0) is 9.53 Å². The van der Waals surface area contributed by atoms with Gasteiger partial charge in [-0.2, -0.15) is 0 Å². The topological polar surface area (TPSA) is 98.4 Å².